The van der Waals surface area contributed by atoms with Crippen LogP contribution in [0.5, 0.6) is 0 Å². The lowest BCUT2D eigenvalue weighted by Gasteiger charge is -2.39. The number of nitrogens with zero attached hydrogens (tertiary/aromatic N) is 1. The van der Waals surface area contributed by atoms with Crippen molar-refractivity contribution >= 4 is 11.9 Å². The van der Waals surface area contributed by atoms with E-state index in [1.165, 1.54) is 19.2 Å². The van der Waals surface area contributed by atoms with Crippen molar-refractivity contribution in [2.45, 2.75) is 51.2 Å². The van der Waals surface area contributed by atoms with Gasteiger partial charge in [-0.3, -0.25) is 4.79 Å². The molecule has 4 atom stereocenters. The van der Waals surface area contributed by atoms with Crippen LogP contribution in [0.1, 0.15) is 60.1 Å². The number of rotatable bonds is 3. The molecular formula is C18H25NO5. The van der Waals surface area contributed by atoms with Crippen LogP contribution in [0.2, 0.25) is 0 Å². The second kappa shape index (κ2) is 6.97. The zero-order valence-electron chi connectivity index (χ0n) is 14.2. The highest BCUT2D eigenvalue weighted by molar-refractivity contribution is 5.94. The topological polar surface area (TPSA) is 80.0 Å². The van der Waals surface area contributed by atoms with Gasteiger partial charge in [0.15, 0.2) is 5.76 Å². The number of furan rings is 1. The van der Waals surface area contributed by atoms with Gasteiger partial charge in [0.2, 0.25) is 5.76 Å². The van der Waals surface area contributed by atoms with Crippen molar-refractivity contribution in [3.63, 3.8) is 0 Å². The molecule has 0 bridgehead atoms. The molecule has 2 heterocycles. The highest BCUT2D eigenvalue weighted by Crippen LogP contribution is 2.37. The molecule has 0 unspecified atom stereocenters. The van der Waals surface area contributed by atoms with Crippen LogP contribution < -0.4 is 0 Å². The summed E-state index contributed by atoms with van der Waals surface area (Å²) in [6.45, 7) is 2.87. The minimum atomic E-state index is -0.594. The predicted molar refractivity (Wildman–Crippen MR) is 86.6 cm³/mol. The Balaban J connectivity index is 1.76. The molecule has 1 amide bonds. The third kappa shape index (κ3) is 3.20. The Morgan fingerprint density at radius 3 is 2.75 bits per heavy atom. The average molecular weight is 335 g/mol. The molecule has 1 saturated heterocycles. The van der Waals surface area contributed by atoms with Crippen LogP contribution in [0.3, 0.4) is 0 Å². The summed E-state index contributed by atoms with van der Waals surface area (Å²) in [6.07, 6.45) is 4.28. The van der Waals surface area contributed by atoms with E-state index in [2.05, 4.69) is 11.7 Å². The first-order valence-corrected chi connectivity index (χ1v) is 8.68. The van der Waals surface area contributed by atoms with Crippen molar-refractivity contribution in [2.75, 3.05) is 13.7 Å². The number of methoxy groups -OCH3 is 1. The van der Waals surface area contributed by atoms with Crippen LogP contribution in [0.25, 0.3) is 0 Å². The quantitative estimate of drug-likeness (QED) is 0.858. The molecule has 132 valence electrons. The fraction of sp³-hybridized carbons (Fsp3) is 0.667. The predicted octanol–water partition coefficient (Wildman–Crippen LogP) is 2.47. The van der Waals surface area contributed by atoms with E-state index in [1.54, 1.807) is 0 Å². The Morgan fingerprint density at radius 2 is 2.00 bits per heavy atom. The van der Waals surface area contributed by atoms with E-state index in [0.717, 1.165) is 32.1 Å². The lowest BCUT2D eigenvalue weighted by Crippen LogP contribution is -2.46. The number of esters is 1. The third-order valence-corrected chi connectivity index (χ3v) is 5.38. The summed E-state index contributed by atoms with van der Waals surface area (Å²) in [5, 5.41) is 10.4. The van der Waals surface area contributed by atoms with Crippen LogP contribution in [-0.2, 0) is 4.74 Å². The number of likely N-dealkylation sites (tertiary alicyclic amines) is 1. The number of ether oxygens (including phenoxy) is 1. The fourth-order valence-electron chi connectivity index (χ4n) is 4.12. The van der Waals surface area contributed by atoms with Crippen LogP contribution in [0.15, 0.2) is 16.5 Å². The highest BCUT2D eigenvalue weighted by Gasteiger charge is 2.41. The van der Waals surface area contributed by atoms with Crippen LogP contribution in [0.4, 0.5) is 0 Å². The number of aliphatic hydroxyl groups is 1. The molecule has 6 heteroatoms. The van der Waals surface area contributed by atoms with Crippen molar-refractivity contribution in [1.29, 1.82) is 0 Å². The fourth-order valence-corrected chi connectivity index (χ4v) is 4.12. The summed E-state index contributed by atoms with van der Waals surface area (Å²) in [5.41, 5.74) is 0. The van der Waals surface area contributed by atoms with E-state index >= 15 is 0 Å². The van der Waals surface area contributed by atoms with Gasteiger partial charge in [0.05, 0.1) is 13.2 Å². The molecule has 3 rings (SSSR count). The van der Waals surface area contributed by atoms with Gasteiger partial charge in [-0.2, -0.15) is 0 Å². The molecule has 0 spiro atoms. The third-order valence-electron chi connectivity index (χ3n) is 5.38. The van der Waals surface area contributed by atoms with E-state index in [-0.39, 0.29) is 35.5 Å². The number of carbonyl (C=O) groups excluding carboxylic acids is 2. The van der Waals surface area contributed by atoms with E-state index in [4.69, 9.17) is 4.42 Å². The van der Waals surface area contributed by atoms with E-state index in [1.807, 2.05) is 4.90 Å². The molecule has 1 aromatic heterocycles. The van der Waals surface area contributed by atoms with Crippen LogP contribution in [0, 0.1) is 11.8 Å². The Kier molecular flexibility index (Phi) is 4.94. The molecule has 24 heavy (non-hydrogen) atoms. The molecule has 2 aliphatic rings. The summed E-state index contributed by atoms with van der Waals surface area (Å²) in [4.78, 5) is 26.1. The van der Waals surface area contributed by atoms with Gasteiger partial charge in [-0.25, -0.2) is 4.79 Å². The summed E-state index contributed by atoms with van der Waals surface area (Å²) < 4.78 is 9.97. The lowest BCUT2D eigenvalue weighted by molar-refractivity contribution is 0.00767. The normalized spacial score (nSPS) is 30.4. The molecule has 1 N–H and O–H groups in total. The summed E-state index contributed by atoms with van der Waals surface area (Å²) in [5.74, 6) is 0.0749. The molecular weight excluding hydrogens is 310 g/mol. The standard InChI is InChI=1S/C18H25NO5/c1-11-5-6-14(20)12(10-11)13-4-3-9-19(13)17(21)15-7-8-16(24-15)18(22)23-2/h7-8,11-14,20H,3-6,9-10H2,1-2H3/t11-,12-,13+,14-/m0/s1. The van der Waals surface area contributed by atoms with Gasteiger partial charge in [-0.05, 0) is 50.2 Å². The SMILES string of the molecule is COC(=O)c1ccc(C(=O)N2CCC[C@@H]2[C@@H]2C[C@@H](C)CC[C@@H]2O)o1. The summed E-state index contributed by atoms with van der Waals surface area (Å²) in [7, 11) is 1.27. The molecule has 1 aliphatic heterocycles. The van der Waals surface area contributed by atoms with Gasteiger partial charge in [0, 0.05) is 18.5 Å². The van der Waals surface area contributed by atoms with Gasteiger partial charge in [-0.1, -0.05) is 6.92 Å². The maximum Gasteiger partial charge on any atom is 0.373 e. The molecule has 0 aromatic carbocycles. The maximum atomic E-state index is 12.8. The first-order valence-electron chi connectivity index (χ1n) is 8.68. The molecule has 2 fully saturated rings. The van der Waals surface area contributed by atoms with Crippen molar-refractivity contribution in [2.24, 2.45) is 11.8 Å². The summed E-state index contributed by atoms with van der Waals surface area (Å²) >= 11 is 0. The minimum absolute atomic E-state index is 0.0305. The van der Waals surface area contributed by atoms with Crippen molar-refractivity contribution in [3.05, 3.63) is 23.7 Å². The van der Waals surface area contributed by atoms with E-state index in [0.29, 0.717) is 12.5 Å². The van der Waals surface area contributed by atoms with Gasteiger partial charge in [-0.15, -0.1) is 0 Å². The summed E-state index contributed by atoms with van der Waals surface area (Å²) in [6, 6.07) is 3.02. The number of carbonyl (C=O) groups is 2. The Bertz CT molecular complexity index is 610. The molecule has 1 aromatic rings. The van der Waals surface area contributed by atoms with Gasteiger partial charge in [0.25, 0.3) is 5.91 Å². The Morgan fingerprint density at radius 1 is 1.25 bits per heavy atom. The smallest absolute Gasteiger partial charge is 0.373 e. The van der Waals surface area contributed by atoms with Crippen LogP contribution >= 0.6 is 0 Å². The molecule has 1 saturated carbocycles. The van der Waals surface area contributed by atoms with Crippen LogP contribution in [-0.4, -0.2) is 47.7 Å². The van der Waals surface area contributed by atoms with E-state index in [9.17, 15) is 14.7 Å². The number of hydrogen-bond acceptors (Lipinski definition) is 5. The van der Waals surface area contributed by atoms with E-state index < -0.39 is 5.97 Å². The number of amides is 1. The molecule has 1 aliphatic carbocycles. The van der Waals surface area contributed by atoms with Gasteiger partial charge >= 0.3 is 5.97 Å². The monoisotopic (exact) mass is 335 g/mol. The van der Waals surface area contributed by atoms with Gasteiger partial charge < -0.3 is 19.2 Å². The first kappa shape index (κ1) is 17.0. The van der Waals surface area contributed by atoms with Crippen molar-refractivity contribution < 1.29 is 23.8 Å². The lowest BCUT2D eigenvalue weighted by atomic mass is 9.76. The molecule has 6 nitrogen and oxygen atoms in total. The highest BCUT2D eigenvalue weighted by atomic mass is 16.5. The molecule has 0 radical (unpaired) electrons. The first-order chi connectivity index (χ1) is 11.5. The van der Waals surface area contributed by atoms with Gasteiger partial charge in [0.1, 0.15) is 0 Å². The number of aliphatic hydroxyl groups excluding tert-OH is 1. The van der Waals surface area contributed by atoms with Crippen molar-refractivity contribution in [3.8, 4) is 0 Å². The number of hydrogen-bond donors (Lipinski definition) is 1. The Labute approximate surface area is 141 Å². The largest absolute Gasteiger partial charge is 0.463 e. The maximum absolute atomic E-state index is 12.8. The van der Waals surface area contributed by atoms with Crippen molar-refractivity contribution in [1.82, 2.24) is 4.90 Å². The second-order valence-electron chi connectivity index (χ2n) is 7.01. The zero-order valence-corrected chi connectivity index (χ0v) is 14.2. The average Bonchev–Trinajstić information content (AvgIpc) is 3.25. The Hall–Kier alpha value is -1.82. The minimum Gasteiger partial charge on any atom is -0.463 e. The second-order valence-corrected chi connectivity index (χ2v) is 7.01. The zero-order chi connectivity index (χ0) is 17.3.